The second-order valence-corrected chi connectivity index (χ2v) is 5.43. The molecule has 0 aliphatic rings. The van der Waals surface area contributed by atoms with Crippen molar-refractivity contribution < 1.29 is 4.74 Å². The summed E-state index contributed by atoms with van der Waals surface area (Å²) >= 11 is 1.74. The maximum absolute atomic E-state index is 8.57. The van der Waals surface area contributed by atoms with E-state index >= 15 is 0 Å². The number of hydrogen-bond donors (Lipinski definition) is 1. The number of benzene rings is 1. The number of para-hydroxylation sites is 1. The van der Waals surface area contributed by atoms with Crippen LogP contribution in [0.5, 0.6) is 5.75 Å². The smallest absolute Gasteiger partial charge is 0.174 e. The predicted molar refractivity (Wildman–Crippen MR) is 79.6 cm³/mol. The highest BCUT2D eigenvalue weighted by molar-refractivity contribution is 7.11. The van der Waals surface area contributed by atoms with Gasteiger partial charge in [0.15, 0.2) is 6.61 Å². The Labute approximate surface area is 123 Å². The van der Waals surface area contributed by atoms with Gasteiger partial charge < -0.3 is 10.1 Å². The highest BCUT2D eigenvalue weighted by Crippen LogP contribution is 2.18. The summed E-state index contributed by atoms with van der Waals surface area (Å²) in [6.07, 6.45) is 2.97. The molecule has 1 N–H and O–H groups in total. The maximum atomic E-state index is 8.57. The Morgan fingerprint density at radius 2 is 2.20 bits per heavy atom. The molecule has 0 bridgehead atoms. The monoisotopic (exact) mass is 287 g/mol. The van der Waals surface area contributed by atoms with Gasteiger partial charge in [0.1, 0.15) is 16.8 Å². The fourth-order valence-corrected chi connectivity index (χ4v) is 2.63. The van der Waals surface area contributed by atoms with Gasteiger partial charge >= 0.3 is 0 Å². The van der Waals surface area contributed by atoms with Crippen molar-refractivity contribution in [2.45, 2.75) is 26.4 Å². The van der Waals surface area contributed by atoms with Crippen LogP contribution in [-0.2, 0) is 19.5 Å². The minimum absolute atomic E-state index is 0.0728. The Hall–Kier alpha value is -1.90. The fourth-order valence-electron chi connectivity index (χ4n) is 1.80. The van der Waals surface area contributed by atoms with Gasteiger partial charge in [-0.25, -0.2) is 4.98 Å². The summed E-state index contributed by atoms with van der Waals surface area (Å²) in [6, 6.07) is 9.74. The molecule has 0 spiro atoms. The third kappa shape index (κ3) is 4.05. The minimum atomic E-state index is 0.0728. The van der Waals surface area contributed by atoms with E-state index in [9.17, 15) is 0 Å². The number of ether oxygens (including phenoxy) is 1. The van der Waals surface area contributed by atoms with E-state index in [1.54, 1.807) is 11.3 Å². The zero-order chi connectivity index (χ0) is 14.2. The third-order valence-electron chi connectivity index (χ3n) is 2.81. The fraction of sp³-hybridized carbons (Fsp3) is 0.333. The summed E-state index contributed by atoms with van der Waals surface area (Å²) in [7, 11) is 0. The summed E-state index contributed by atoms with van der Waals surface area (Å²) < 4.78 is 5.40. The first kappa shape index (κ1) is 14.5. The van der Waals surface area contributed by atoms with Crippen molar-refractivity contribution in [1.82, 2.24) is 10.3 Å². The molecule has 0 saturated heterocycles. The first-order valence-corrected chi connectivity index (χ1v) is 7.37. The molecule has 0 unspecified atom stereocenters. The van der Waals surface area contributed by atoms with Crippen molar-refractivity contribution in [3.05, 3.63) is 45.9 Å². The molecule has 1 aromatic heterocycles. The van der Waals surface area contributed by atoms with Crippen LogP contribution >= 0.6 is 11.3 Å². The lowest BCUT2D eigenvalue weighted by atomic mass is 10.2. The summed E-state index contributed by atoms with van der Waals surface area (Å²) in [5.74, 6) is 0.759. The maximum Gasteiger partial charge on any atom is 0.174 e. The van der Waals surface area contributed by atoms with Gasteiger partial charge in [0.25, 0.3) is 0 Å². The molecule has 2 aromatic rings. The Balaban J connectivity index is 1.89. The molecule has 4 nitrogen and oxygen atoms in total. The highest BCUT2D eigenvalue weighted by Gasteiger charge is 2.04. The van der Waals surface area contributed by atoms with Crippen LogP contribution in [0.3, 0.4) is 0 Å². The predicted octanol–water partition coefficient (Wildman–Crippen LogP) is 2.90. The molecule has 0 saturated carbocycles. The topological polar surface area (TPSA) is 57.9 Å². The number of nitrogens with zero attached hydrogens (tertiary/aromatic N) is 2. The first-order chi connectivity index (χ1) is 9.83. The molecular weight excluding hydrogens is 270 g/mol. The number of aryl methyl sites for hydroxylation is 1. The number of rotatable bonds is 7. The molecule has 20 heavy (non-hydrogen) atoms. The van der Waals surface area contributed by atoms with E-state index in [0.717, 1.165) is 29.3 Å². The average molecular weight is 287 g/mol. The summed E-state index contributed by atoms with van der Waals surface area (Å²) in [6.45, 7) is 3.65. The lowest BCUT2D eigenvalue weighted by Gasteiger charge is -2.09. The molecule has 0 aliphatic carbocycles. The van der Waals surface area contributed by atoms with E-state index in [1.807, 2.05) is 36.5 Å². The van der Waals surface area contributed by atoms with Crippen LogP contribution in [0.4, 0.5) is 0 Å². The summed E-state index contributed by atoms with van der Waals surface area (Å²) in [4.78, 5) is 5.68. The van der Waals surface area contributed by atoms with Crippen LogP contribution in [0.2, 0.25) is 0 Å². The Kier molecular flexibility index (Phi) is 5.54. The van der Waals surface area contributed by atoms with Crippen molar-refractivity contribution in [2.75, 3.05) is 6.61 Å². The molecule has 2 rings (SSSR count). The van der Waals surface area contributed by atoms with Gasteiger partial charge in [-0.1, -0.05) is 25.1 Å². The Bertz CT molecular complexity index is 589. The molecule has 0 fully saturated rings. The standard InChI is InChI=1S/C15H17N3OS/c1-2-13-10-18-15(20-13)11-17-9-12-5-3-4-6-14(12)19-8-7-16/h3-6,10,17H,2,8-9,11H2,1H3. The van der Waals surface area contributed by atoms with Crippen molar-refractivity contribution >= 4 is 11.3 Å². The van der Waals surface area contributed by atoms with E-state index in [4.69, 9.17) is 10.00 Å². The largest absolute Gasteiger partial charge is 0.478 e. The molecular formula is C15H17N3OS. The normalized spacial score (nSPS) is 10.2. The molecule has 0 amide bonds. The summed E-state index contributed by atoms with van der Waals surface area (Å²) in [5, 5.41) is 13.0. The Morgan fingerprint density at radius 1 is 1.35 bits per heavy atom. The van der Waals surface area contributed by atoms with Crippen LogP contribution in [0.25, 0.3) is 0 Å². The van der Waals surface area contributed by atoms with Gasteiger partial charge in [0, 0.05) is 29.7 Å². The van der Waals surface area contributed by atoms with Crippen LogP contribution in [-0.4, -0.2) is 11.6 Å². The second-order valence-electron chi connectivity index (χ2n) is 4.23. The van der Waals surface area contributed by atoms with Crippen molar-refractivity contribution in [1.29, 1.82) is 5.26 Å². The number of aromatic nitrogens is 1. The van der Waals surface area contributed by atoms with Crippen LogP contribution in [0.1, 0.15) is 22.4 Å². The molecule has 1 heterocycles. The molecule has 104 valence electrons. The molecule has 0 radical (unpaired) electrons. The van der Waals surface area contributed by atoms with E-state index < -0.39 is 0 Å². The lowest BCUT2D eigenvalue weighted by molar-refractivity contribution is 0.362. The van der Waals surface area contributed by atoms with Gasteiger partial charge in [0.05, 0.1) is 0 Å². The highest BCUT2D eigenvalue weighted by atomic mass is 32.1. The van der Waals surface area contributed by atoms with E-state index in [-0.39, 0.29) is 6.61 Å². The number of hydrogen-bond acceptors (Lipinski definition) is 5. The van der Waals surface area contributed by atoms with Gasteiger partial charge in [-0.2, -0.15) is 5.26 Å². The SMILES string of the molecule is CCc1cnc(CNCc2ccccc2OCC#N)s1. The van der Waals surface area contributed by atoms with Gasteiger partial charge in [-0.3, -0.25) is 0 Å². The average Bonchev–Trinajstić information content (AvgIpc) is 2.94. The second kappa shape index (κ2) is 7.63. The zero-order valence-corrected chi connectivity index (χ0v) is 12.2. The number of nitriles is 1. The van der Waals surface area contributed by atoms with Gasteiger partial charge in [-0.05, 0) is 12.5 Å². The van der Waals surface area contributed by atoms with Crippen LogP contribution in [0.15, 0.2) is 30.5 Å². The van der Waals surface area contributed by atoms with Crippen molar-refractivity contribution in [3.8, 4) is 11.8 Å². The Morgan fingerprint density at radius 3 is 2.95 bits per heavy atom. The number of nitrogens with one attached hydrogen (secondary N) is 1. The lowest BCUT2D eigenvalue weighted by Crippen LogP contribution is -2.13. The van der Waals surface area contributed by atoms with Gasteiger partial charge in [-0.15, -0.1) is 11.3 Å². The van der Waals surface area contributed by atoms with E-state index in [2.05, 4.69) is 17.2 Å². The van der Waals surface area contributed by atoms with Crippen molar-refractivity contribution in [2.24, 2.45) is 0 Å². The van der Waals surface area contributed by atoms with Crippen LogP contribution < -0.4 is 10.1 Å². The van der Waals surface area contributed by atoms with Crippen molar-refractivity contribution in [3.63, 3.8) is 0 Å². The molecule has 5 heteroatoms. The molecule has 0 atom stereocenters. The number of thiazole rings is 1. The minimum Gasteiger partial charge on any atom is -0.478 e. The summed E-state index contributed by atoms with van der Waals surface area (Å²) in [5.41, 5.74) is 1.05. The van der Waals surface area contributed by atoms with Gasteiger partial charge in [0.2, 0.25) is 0 Å². The third-order valence-corrected chi connectivity index (χ3v) is 3.95. The zero-order valence-electron chi connectivity index (χ0n) is 11.4. The van der Waals surface area contributed by atoms with E-state index in [1.165, 1.54) is 4.88 Å². The first-order valence-electron chi connectivity index (χ1n) is 6.55. The molecule has 0 aliphatic heterocycles. The van der Waals surface area contributed by atoms with E-state index in [0.29, 0.717) is 6.54 Å². The molecule has 1 aromatic carbocycles. The van der Waals surface area contributed by atoms with Crippen LogP contribution in [0, 0.1) is 11.3 Å². The quantitative estimate of drug-likeness (QED) is 0.850.